The number of nitrogens with zero attached hydrogens (tertiary/aromatic N) is 4. The summed E-state index contributed by atoms with van der Waals surface area (Å²) in [5.41, 5.74) is 8.69. The van der Waals surface area contributed by atoms with Gasteiger partial charge in [-0.2, -0.15) is 4.98 Å². The van der Waals surface area contributed by atoms with Gasteiger partial charge in [0.05, 0.1) is 5.51 Å². The van der Waals surface area contributed by atoms with Gasteiger partial charge >= 0.3 is 0 Å². The van der Waals surface area contributed by atoms with Crippen molar-refractivity contribution in [3.05, 3.63) is 10.9 Å². The molecule has 2 aromatic heterocycles. The fourth-order valence-electron chi connectivity index (χ4n) is 2.49. The van der Waals surface area contributed by atoms with Crippen LogP contribution in [0.25, 0.3) is 11.5 Å². The maximum absolute atomic E-state index is 5.88. The topological polar surface area (TPSA) is 83.7 Å². The first-order valence-electron chi connectivity index (χ1n) is 6.46. The smallest absolute Gasteiger partial charge is 0.245 e. The highest BCUT2D eigenvalue weighted by atomic mass is 32.1. The van der Waals surface area contributed by atoms with Gasteiger partial charge < -0.3 is 10.6 Å². The monoisotopic (exact) mass is 278 g/mol. The molecule has 0 amide bonds. The van der Waals surface area contributed by atoms with Crippen LogP contribution in [0, 0.1) is 5.41 Å². The van der Waals surface area contributed by atoms with Crippen LogP contribution in [0.5, 0.6) is 0 Å². The molecule has 0 radical (unpaired) electrons. The van der Waals surface area contributed by atoms with E-state index in [1.165, 1.54) is 6.42 Å². The molecule has 7 heteroatoms. The highest BCUT2D eigenvalue weighted by Gasteiger charge is 2.31. The van der Waals surface area contributed by atoms with Crippen molar-refractivity contribution >= 4 is 17.3 Å². The number of H-pyrrole nitrogens is 1. The van der Waals surface area contributed by atoms with Crippen molar-refractivity contribution in [2.45, 2.75) is 19.8 Å². The van der Waals surface area contributed by atoms with Crippen LogP contribution in [-0.4, -0.2) is 39.8 Å². The molecule has 3 N–H and O–H groups in total. The van der Waals surface area contributed by atoms with E-state index in [0.717, 1.165) is 37.0 Å². The maximum Gasteiger partial charge on any atom is 0.245 e. The number of aromatic amines is 1. The van der Waals surface area contributed by atoms with E-state index in [4.69, 9.17) is 5.73 Å². The number of anilines is 1. The highest BCUT2D eigenvalue weighted by molar-refractivity contribution is 7.07. The van der Waals surface area contributed by atoms with Crippen LogP contribution in [0.15, 0.2) is 10.9 Å². The fourth-order valence-corrected chi connectivity index (χ4v) is 3.03. The molecule has 3 rings (SSSR count). The third-order valence-electron chi connectivity index (χ3n) is 3.71. The standard InChI is InChI=1S/C12H18N6S/c1-12(6-13)3-2-4-18(7-12)11-15-10(16-17-11)9-5-19-8-14-9/h5,8H,2-4,6-7,13H2,1H3,(H,15,16,17). The van der Waals surface area contributed by atoms with E-state index in [9.17, 15) is 0 Å². The Labute approximate surface area is 116 Å². The molecule has 1 aliphatic heterocycles. The molecular weight excluding hydrogens is 260 g/mol. The lowest BCUT2D eigenvalue weighted by molar-refractivity contribution is 0.270. The number of rotatable bonds is 3. The van der Waals surface area contributed by atoms with Gasteiger partial charge in [0.15, 0.2) is 5.82 Å². The summed E-state index contributed by atoms with van der Waals surface area (Å²) in [5.74, 6) is 1.48. The number of nitrogens with one attached hydrogen (secondary N) is 1. The molecule has 0 aliphatic carbocycles. The largest absolute Gasteiger partial charge is 0.339 e. The summed E-state index contributed by atoms with van der Waals surface area (Å²) in [6.45, 7) is 4.84. The molecule has 0 spiro atoms. The molecule has 1 unspecified atom stereocenters. The van der Waals surface area contributed by atoms with Gasteiger partial charge in [-0.1, -0.05) is 6.92 Å². The number of hydrogen-bond acceptors (Lipinski definition) is 6. The quantitative estimate of drug-likeness (QED) is 0.888. The number of hydrogen-bond donors (Lipinski definition) is 2. The van der Waals surface area contributed by atoms with Crippen molar-refractivity contribution in [2.75, 3.05) is 24.5 Å². The third-order valence-corrected chi connectivity index (χ3v) is 4.29. The molecule has 1 saturated heterocycles. The predicted octanol–water partition coefficient (Wildman–Crippen LogP) is 1.49. The van der Waals surface area contributed by atoms with Gasteiger partial charge in [-0.05, 0) is 24.8 Å². The summed E-state index contributed by atoms with van der Waals surface area (Å²) in [4.78, 5) is 11.0. The lowest BCUT2D eigenvalue weighted by Crippen LogP contribution is -2.46. The first-order valence-corrected chi connectivity index (χ1v) is 7.40. The van der Waals surface area contributed by atoms with Gasteiger partial charge in [-0.3, -0.25) is 5.10 Å². The molecule has 19 heavy (non-hydrogen) atoms. The Morgan fingerprint density at radius 2 is 2.47 bits per heavy atom. The van der Waals surface area contributed by atoms with Crippen LogP contribution in [0.2, 0.25) is 0 Å². The summed E-state index contributed by atoms with van der Waals surface area (Å²) in [6, 6.07) is 0. The molecule has 3 heterocycles. The Bertz CT molecular complexity index is 536. The summed E-state index contributed by atoms with van der Waals surface area (Å²) in [6.07, 6.45) is 2.30. The summed E-state index contributed by atoms with van der Waals surface area (Å²) in [5, 5.41) is 9.23. The van der Waals surface area contributed by atoms with E-state index < -0.39 is 0 Å². The van der Waals surface area contributed by atoms with Crippen molar-refractivity contribution in [1.29, 1.82) is 0 Å². The van der Waals surface area contributed by atoms with Crippen molar-refractivity contribution in [3.8, 4) is 11.5 Å². The van der Waals surface area contributed by atoms with Gasteiger partial charge in [-0.25, -0.2) is 4.98 Å². The zero-order valence-electron chi connectivity index (χ0n) is 11.0. The highest BCUT2D eigenvalue weighted by Crippen LogP contribution is 2.30. The average Bonchev–Trinajstić information content (AvgIpc) is 3.09. The SMILES string of the molecule is CC1(CN)CCCN(c2n[nH]c(-c3cscn3)n2)C1. The number of aromatic nitrogens is 4. The van der Waals surface area contributed by atoms with Crippen LogP contribution < -0.4 is 10.6 Å². The maximum atomic E-state index is 5.88. The van der Waals surface area contributed by atoms with Gasteiger partial charge in [0.1, 0.15) is 5.69 Å². The molecule has 1 atom stereocenters. The van der Waals surface area contributed by atoms with E-state index in [-0.39, 0.29) is 5.41 Å². The van der Waals surface area contributed by atoms with Gasteiger partial charge in [-0.15, -0.1) is 16.4 Å². The minimum absolute atomic E-state index is 0.166. The van der Waals surface area contributed by atoms with Crippen LogP contribution >= 0.6 is 11.3 Å². The van der Waals surface area contributed by atoms with E-state index in [1.807, 2.05) is 5.38 Å². The Hall–Kier alpha value is -1.47. The second-order valence-corrected chi connectivity index (χ2v) is 6.12. The second kappa shape index (κ2) is 4.90. The third kappa shape index (κ3) is 2.48. The van der Waals surface area contributed by atoms with Crippen LogP contribution in [0.4, 0.5) is 5.95 Å². The zero-order chi connectivity index (χ0) is 13.3. The predicted molar refractivity (Wildman–Crippen MR) is 76.1 cm³/mol. The normalized spacial score (nSPS) is 23.8. The first-order chi connectivity index (χ1) is 9.20. The average molecular weight is 278 g/mol. The lowest BCUT2D eigenvalue weighted by Gasteiger charge is -2.39. The lowest BCUT2D eigenvalue weighted by atomic mass is 9.82. The Balaban J connectivity index is 1.79. The van der Waals surface area contributed by atoms with Crippen molar-refractivity contribution in [2.24, 2.45) is 11.1 Å². The molecule has 0 bridgehead atoms. The first kappa shape index (κ1) is 12.6. The van der Waals surface area contributed by atoms with E-state index >= 15 is 0 Å². The Morgan fingerprint density at radius 1 is 1.58 bits per heavy atom. The zero-order valence-corrected chi connectivity index (χ0v) is 11.8. The molecule has 1 aliphatic rings. The molecule has 6 nitrogen and oxygen atoms in total. The number of piperidine rings is 1. The molecule has 0 saturated carbocycles. The van der Waals surface area contributed by atoms with Gasteiger partial charge in [0.2, 0.25) is 5.95 Å². The molecular formula is C12H18N6S. The number of nitrogens with two attached hydrogens (primary N) is 1. The van der Waals surface area contributed by atoms with Gasteiger partial charge in [0, 0.05) is 18.5 Å². The van der Waals surface area contributed by atoms with E-state index in [1.54, 1.807) is 16.8 Å². The van der Waals surface area contributed by atoms with Crippen LogP contribution in [0.1, 0.15) is 19.8 Å². The van der Waals surface area contributed by atoms with Crippen molar-refractivity contribution in [1.82, 2.24) is 20.2 Å². The summed E-state index contributed by atoms with van der Waals surface area (Å²) >= 11 is 1.55. The van der Waals surface area contributed by atoms with Gasteiger partial charge in [0.25, 0.3) is 0 Å². The molecule has 1 fully saturated rings. The van der Waals surface area contributed by atoms with Crippen LogP contribution in [-0.2, 0) is 0 Å². The summed E-state index contributed by atoms with van der Waals surface area (Å²) in [7, 11) is 0. The Kier molecular flexibility index (Phi) is 3.24. The Morgan fingerprint density at radius 3 is 3.21 bits per heavy atom. The van der Waals surface area contributed by atoms with Crippen molar-refractivity contribution < 1.29 is 0 Å². The van der Waals surface area contributed by atoms with E-state index in [2.05, 4.69) is 32.0 Å². The molecule has 2 aromatic rings. The van der Waals surface area contributed by atoms with E-state index in [0.29, 0.717) is 6.54 Å². The minimum Gasteiger partial charge on any atom is -0.339 e. The van der Waals surface area contributed by atoms with Crippen LogP contribution in [0.3, 0.4) is 0 Å². The molecule has 102 valence electrons. The molecule has 0 aromatic carbocycles. The van der Waals surface area contributed by atoms with Crippen molar-refractivity contribution in [3.63, 3.8) is 0 Å². The second-order valence-electron chi connectivity index (χ2n) is 5.40. The fraction of sp³-hybridized carbons (Fsp3) is 0.583. The number of thiazole rings is 1. The minimum atomic E-state index is 0.166. The summed E-state index contributed by atoms with van der Waals surface area (Å²) < 4.78 is 0.